The number of nitroso groups, excluding NO2 is 1. The molecule has 0 aromatic rings. The van der Waals surface area contributed by atoms with Crippen molar-refractivity contribution in [2.45, 2.75) is 156 Å². The predicted molar refractivity (Wildman–Crippen MR) is 170 cm³/mol. The van der Waals surface area contributed by atoms with E-state index in [1.807, 2.05) is 19.9 Å². The maximum atomic E-state index is 14.5. The Morgan fingerprint density at radius 1 is 1.09 bits per heavy atom. The maximum Gasteiger partial charge on any atom is 0.160 e. The summed E-state index contributed by atoms with van der Waals surface area (Å²) in [5.41, 5.74) is -0.855. The van der Waals surface area contributed by atoms with Crippen molar-refractivity contribution < 1.29 is 29.6 Å². The van der Waals surface area contributed by atoms with Gasteiger partial charge < -0.3 is 24.8 Å². The van der Waals surface area contributed by atoms with Crippen molar-refractivity contribution >= 4 is 5.78 Å². The molecule has 0 spiro atoms. The molecule has 0 amide bonds. The first-order valence-electron chi connectivity index (χ1n) is 17.3. The van der Waals surface area contributed by atoms with Gasteiger partial charge in [0.05, 0.1) is 36.6 Å². The Balaban J connectivity index is 1.39. The molecule has 3 unspecified atom stereocenters. The van der Waals surface area contributed by atoms with Crippen LogP contribution >= 0.6 is 0 Å². The van der Waals surface area contributed by atoms with Crippen LogP contribution in [0.5, 0.6) is 0 Å². The predicted octanol–water partition coefficient (Wildman–Crippen LogP) is 6.34. The number of allylic oxidation sites excluding steroid dienone is 1. The van der Waals surface area contributed by atoms with Crippen molar-refractivity contribution in [3.8, 4) is 0 Å². The third kappa shape index (κ3) is 5.36. The monoisotopic (exact) mass is 617 g/mol. The average molecular weight is 618 g/mol. The summed E-state index contributed by atoms with van der Waals surface area (Å²) in [4.78, 5) is 25.7. The molecule has 44 heavy (non-hydrogen) atoms. The van der Waals surface area contributed by atoms with Crippen LogP contribution in [-0.2, 0) is 14.3 Å². The van der Waals surface area contributed by atoms with E-state index in [-0.39, 0.29) is 41.2 Å². The number of ether oxygens (including phenoxy) is 2. The Labute approximate surface area is 264 Å². The minimum absolute atomic E-state index is 0.0778. The second-order valence-electron chi connectivity index (χ2n) is 17.2. The zero-order valence-corrected chi connectivity index (χ0v) is 28.5. The number of aliphatic hydroxyl groups excluding tert-OH is 3. The number of carbonyl (C=O) groups excluding carboxylic acids is 1. The van der Waals surface area contributed by atoms with Crippen LogP contribution in [0.1, 0.15) is 120 Å². The molecule has 0 bridgehead atoms. The van der Waals surface area contributed by atoms with Gasteiger partial charge in [-0.05, 0) is 87.0 Å². The lowest BCUT2D eigenvalue weighted by atomic mass is 9.38. The zero-order valence-electron chi connectivity index (χ0n) is 28.5. The number of aliphatic hydroxyl groups is 3. The van der Waals surface area contributed by atoms with Crippen LogP contribution in [0.25, 0.3) is 0 Å². The number of ketones is 1. The first-order valence-corrected chi connectivity index (χ1v) is 17.3. The van der Waals surface area contributed by atoms with Gasteiger partial charge in [-0.2, -0.15) is 4.91 Å². The number of nitrogens with zero attached hydrogens (tertiary/aromatic N) is 1. The normalized spacial score (nSPS) is 46.0. The Hall–Kier alpha value is -1.19. The van der Waals surface area contributed by atoms with Crippen molar-refractivity contribution in [1.29, 1.82) is 0 Å². The second kappa shape index (κ2) is 11.8. The van der Waals surface area contributed by atoms with Gasteiger partial charge in [-0.3, -0.25) is 4.79 Å². The summed E-state index contributed by atoms with van der Waals surface area (Å²) in [6.07, 6.45) is 7.35. The van der Waals surface area contributed by atoms with Gasteiger partial charge in [0.2, 0.25) is 0 Å². The fraction of sp³-hybridized carbons (Fsp3) is 0.917. The SMILES string of the molecule is C[C@H](CCCC(C)(C)N=O)C1CC[C@@]2(C)C3C(=O)C=C4C(CC[C@H](O[C@H]5C[C@@H](O)C[C@@H](CO)O5)C4(C)C)[C@]3(C)[C@H](O)C[C@]12C. The maximum absolute atomic E-state index is 14.5. The number of fused-ring (bicyclic) bond motifs is 5. The van der Waals surface area contributed by atoms with Crippen molar-refractivity contribution in [3.05, 3.63) is 16.6 Å². The molecule has 12 atom stereocenters. The third-order valence-corrected chi connectivity index (χ3v) is 13.9. The molecule has 4 fully saturated rings. The molecule has 1 aliphatic heterocycles. The Kier molecular flexibility index (Phi) is 9.16. The molecule has 3 saturated carbocycles. The van der Waals surface area contributed by atoms with E-state index in [0.717, 1.165) is 50.5 Å². The largest absolute Gasteiger partial charge is 0.394 e. The summed E-state index contributed by atoms with van der Waals surface area (Å²) in [5, 5.41) is 35.5. The number of hydrogen-bond donors (Lipinski definition) is 3. The van der Waals surface area contributed by atoms with E-state index in [4.69, 9.17) is 9.47 Å². The molecule has 3 N–H and O–H groups in total. The number of rotatable bonds is 9. The van der Waals surface area contributed by atoms with Crippen molar-refractivity contribution in [3.63, 3.8) is 0 Å². The molecule has 1 heterocycles. The van der Waals surface area contributed by atoms with Gasteiger partial charge in [0, 0.05) is 29.6 Å². The van der Waals surface area contributed by atoms with E-state index in [1.165, 1.54) is 0 Å². The molecule has 0 aromatic carbocycles. The van der Waals surface area contributed by atoms with E-state index >= 15 is 0 Å². The smallest absolute Gasteiger partial charge is 0.160 e. The van der Waals surface area contributed by atoms with Crippen molar-refractivity contribution in [2.24, 2.45) is 50.5 Å². The molecule has 250 valence electrons. The summed E-state index contributed by atoms with van der Waals surface area (Å²) < 4.78 is 12.5. The van der Waals surface area contributed by atoms with E-state index in [1.54, 1.807) is 0 Å². The van der Waals surface area contributed by atoms with Crippen LogP contribution in [0.2, 0.25) is 0 Å². The molecule has 8 heteroatoms. The Bertz CT molecular complexity index is 1140. The van der Waals surface area contributed by atoms with Gasteiger partial charge in [0.25, 0.3) is 0 Å². The summed E-state index contributed by atoms with van der Waals surface area (Å²) in [7, 11) is 0. The van der Waals surface area contributed by atoms with Crippen LogP contribution in [-0.4, -0.2) is 64.0 Å². The van der Waals surface area contributed by atoms with Crippen LogP contribution in [0.15, 0.2) is 16.8 Å². The van der Waals surface area contributed by atoms with Gasteiger partial charge in [-0.1, -0.05) is 65.1 Å². The van der Waals surface area contributed by atoms with Crippen LogP contribution < -0.4 is 0 Å². The van der Waals surface area contributed by atoms with E-state index < -0.39 is 41.0 Å². The van der Waals surface area contributed by atoms with Crippen molar-refractivity contribution in [1.82, 2.24) is 0 Å². The van der Waals surface area contributed by atoms with E-state index in [0.29, 0.717) is 31.1 Å². The van der Waals surface area contributed by atoms with E-state index in [2.05, 4.69) is 46.7 Å². The summed E-state index contributed by atoms with van der Waals surface area (Å²) in [6.45, 7) is 17.1. The Morgan fingerprint density at radius 3 is 2.45 bits per heavy atom. The summed E-state index contributed by atoms with van der Waals surface area (Å²) >= 11 is 0. The standard InChI is InChI=1S/C36H59NO7/c1-21(10-9-14-32(2,3)37-42)24-13-15-34(6)31-27(40)18-26-25(36(31,8)28(41)19-35(24,34)7)11-12-29(33(26,4)5)44-30-17-22(39)16-23(20-38)43-30/h18,21-25,28-31,38-39,41H,9-17,19-20H2,1-8H3/t21-,22+,23+,24?,25?,28-,29+,30+,31?,34+,35-,36-/m1/s1. The van der Waals surface area contributed by atoms with Crippen LogP contribution in [0, 0.1) is 50.2 Å². The molecule has 0 radical (unpaired) electrons. The average Bonchev–Trinajstić information content (AvgIpc) is 3.20. The quantitative estimate of drug-likeness (QED) is 0.258. The highest BCUT2D eigenvalue weighted by Gasteiger charge is 2.72. The number of carbonyl (C=O) groups is 1. The summed E-state index contributed by atoms with van der Waals surface area (Å²) in [5.74, 6) is 0.823. The van der Waals surface area contributed by atoms with Gasteiger partial charge in [-0.25, -0.2) is 0 Å². The molecule has 5 rings (SSSR count). The molecule has 1 saturated heterocycles. The lowest BCUT2D eigenvalue weighted by molar-refractivity contribution is -0.257. The topological polar surface area (TPSA) is 126 Å². The van der Waals surface area contributed by atoms with E-state index in [9.17, 15) is 25.0 Å². The first kappa shape index (κ1) is 34.2. The van der Waals surface area contributed by atoms with Gasteiger partial charge in [0.1, 0.15) is 0 Å². The fourth-order valence-electron chi connectivity index (χ4n) is 11.1. The highest BCUT2D eigenvalue weighted by molar-refractivity contribution is 5.95. The molecular formula is C36H59NO7. The molecule has 4 aliphatic carbocycles. The first-order chi connectivity index (χ1) is 20.4. The van der Waals surface area contributed by atoms with Gasteiger partial charge >= 0.3 is 0 Å². The van der Waals surface area contributed by atoms with Gasteiger partial charge in [0.15, 0.2) is 12.1 Å². The van der Waals surface area contributed by atoms with Crippen LogP contribution in [0.4, 0.5) is 0 Å². The lowest BCUT2D eigenvalue weighted by Gasteiger charge is -2.66. The second-order valence-corrected chi connectivity index (χ2v) is 17.2. The minimum atomic E-state index is -0.599. The van der Waals surface area contributed by atoms with Crippen LogP contribution in [0.3, 0.4) is 0 Å². The molecule has 5 aliphatic rings. The highest BCUT2D eigenvalue weighted by atomic mass is 16.7. The molecule has 8 nitrogen and oxygen atoms in total. The third-order valence-electron chi connectivity index (χ3n) is 13.9. The van der Waals surface area contributed by atoms with Crippen molar-refractivity contribution in [2.75, 3.05) is 6.61 Å². The zero-order chi connectivity index (χ0) is 32.5. The minimum Gasteiger partial charge on any atom is -0.394 e. The highest BCUT2D eigenvalue weighted by Crippen LogP contribution is 2.74. The van der Waals surface area contributed by atoms with Gasteiger partial charge in [-0.15, -0.1) is 0 Å². The summed E-state index contributed by atoms with van der Waals surface area (Å²) in [6, 6.07) is 0. The fourth-order valence-corrected chi connectivity index (χ4v) is 11.1. The molecular weight excluding hydrogens is 558 g/mol. The molecule has 0 aromatic heterocycles. The lowest BCUT2D eigenvalue weighted by Crippen LogP contribution is -2.67. The Morgan fingerprint density at radius 2 is 1.80 bits per heavy atom. The number of hydrogen-bond acceptors (Lipinski definition) is 8.